The van der Waals surface area contributed by atoms with Crippen LogP contribution in [0.4, 0.5) is 0 Å². The second-order valence-electron chi connectivity index (χ2n) is 4.74. The normalized spacial score (nSPS) is 13.8. The summed E-state index contributed by atoms with van der Waals surface area (Å²) in [5.41, 5.74) is -0.560. The maximum Gasteiger partial charge on any atom is 0.306 e. The van der Waals surface area contributed by atoms with Crippen molar-refractivity contribution >= 4 is 38.7 Å². The van der Waals surface area contributed by atoms with Crippen molar-refractivity contribution in [3.8, 4) is 0 Å². The molecule has 1 N–H and O–H groups in total. The number of methoxy groups -OCH3 is 1. The van der Waals surface area contributed by atoms with Gasteiger partial charge in [-0.2, -0.15) is 27.0 Å². The molecular weight excluding hydrogens is 260 g/mol. The molecule has 0 aliphatic heterocycles. The van der Waals surface area contributed by atoms with Crippen LogP contribution in [-0.4, -0.2) is 30.1 Å². The molecule has 0 heterocycles. The predicted molar refractivity (Wildman–Crippen MR) is 77.0 cm³/mol. The van der Waals surface area contributed by atoms with Crippen molar-refractivity contribution in [1.29, 1.82) is 0 Å². The Bertz CT molecular complexity index is 246. The van der Waals surface area contributed by atoms with Crippen LogP contribution in [0.1, 0.15) is 34.1 Å². The zero-order valence-electron chi connectivity index (χ0n) is 11.0. The molecule has 104 valence electrons. The minimum absolute atomic E-state index is 0. The van der Waals surface area contributed by atoms with Crippen LogP contribution in [-0.2, 0) is 14.3 Å². The van der Waals surface area contributed by atoms with Gasteiger partial charge in [-0.05, 0) is 6.92 Å². The molecule has 0 aliphatic rings. The van der Waals surface area contributed by atoms with Crippen LogP contribution in [0.25, 0.3) is 0 Å². The summed E-state index contributed by atoms with van der Waals surface area (Å²) in [7, 11) is 1.27. The molecular formula is C11H24O4S2. The molecule has 0 unspecified atom stereocenters. The summed E-state index contributed by atoms with van der Waals surface area (Å²) in [6, 6.07) is 0. The summed E-state index contributed by atoms with van der Waals surface area (Å²) >= 11 is 0. The average molecular weight is 284 g/mol. The van der Waals surface area contributed by atoms with Crippen LogP contribution in [0.15, 0.2) is 0 Å². The third-order valence-corrected chi connectivity index (χ3v) is 2.27. The number of carbonyl (C=O) groups is 2. The van der Waals surface area contributed by atoms with Gasteiger partial charge in [0.05, 0.1) is 25.6 Å². The standard InChI is InChI=1S/C11H20O4.2H2S/c1-7(12)8(6-9(13)15-5)10(14)11(2,3)4;;/h7-8,12H,6H2,1-5H3;2*1H2/t7-,8-;;/m0../s1. The first-order valence-electron chi connectivity index (χ1n) is 4.99. The lowest BCUT2D eigenvalue weighted by Gasteiger charge is -2.25. The molecule has 0 aromatic heterocycles. The van der Waals surface area contributed by atoms with Gasteiger partial charge in [0.15, 0.2) is 0 Å². The summed E-state index contributed by atoms with van der Waals surface area (Å²) in [6.45, 7) is 6.81. The van der Waals surface area contributed by atoms with Gasteiger partial charge in [0.1, 0.15) is 5.78 Å². The van der Waals surface area contributed by atoms with Gasteiger partial charge in [-0.25, -0.2) is 0 Å². The molecule has 0 aromatic carbocycles. The van der Waals surface area contributed by atoms with Crippen molar-refractivity contribution in [3.05, 3.63) is 0 Å². The molecule has 0 amide bonds. The number of Topliss-reactive ketones (excluding diaryl/α,β-unsaturated/α-hetero) is 1. The van der Waals surface area contributed by atoms with Crippen molar-refractivity contribution in [3.63, 3.8) is 0 Å². The van der Waals surface area contributed by atoms with Crippen molar-refractivity contribution in [2.24, 2.45) is 11.3 Å². The second-order valence-corrected chi connectivity index (χ2v) is 4.74. The van der Waals surface area contributed by atoms with Gasteiger partial charge in [0.2, 0.25) is 0 Å². The molecule has 0 bridgehead atoms. The van der Waals surface area contributed by atoms with E-state index in [1.165, 1.54) is 14.0 Å². The quantitative estimate of drug-likeness (QED) is 0.792. The predicted octanol–water partition coefficient (Wildman–Crippen LogP) is 1.39. The fraction of sp³-hybridized carbons (Fsp3) is 0.818. The maximum absolute atomic E-state index is 11.9. The first-order chi connectivity index (χ1) is 6.70. The number of aliphatic hydroxyl groups excluding tert-OH is 1. The highest BCUT2D eigenvalue weighted by atomic mass is 32.1. The molecule has 0 fully saturated rings. The maximum atomic E-state index is 11.9. The van der Waals surface area contributed by atoms with E-state index in [9.17, 15) is 14.7 Å². The number of ketones is 1. The Balaban J connectivity index is -0.000000980. The lowest BCUT2D eigenvalue weighted by Crippen LogP contribution is -2.36. The van der Waals surface area contributed by atoms with E-state index in [4.69, 9.17) is 0 Å². The Labute approximate surface area is 117 Å². The molecule has 0 radical (unpaired) electrons. The van der Waals surface area contributed by atoms with Crippen LogP contribution in [0, 0.1) is 11.3 Å². The van der Waals surface area contributed by atoms with Crippen molar-refractivity contribution in [1.82, 2.24) is 0 Å². The highest BCUT2D eigenvalue weighted by Crippen LogP contribution is 2.24. The zero-order valence-corrected chi connectivity index (χ0v) is 13.0. The van der Waals surface area contributed by atoms with E-state index in [1.807, 2.05) is 0 Å². The summed E-state index contributed by atoms with van der Waals surface area (Å²) in [5, 5.41) is 9.46. The largest absolute Gasteiger partial charge is 0.469 e. The smallest absolute Gasteiger partial charge is 0.306 e. The number of esters is 1. The van der Waals surface area contributed by atoms with Gasteiger partial charge in [-0.15, -0.1) is 0 Å². The molecule has 0 aromatic rings. The van der Waals surface area contributed by atoms with E-state index >= 15 is 0 Å². The van der Waals surface area contributed by atoms with Crippen molar-refractivity contribution < 1.29 is 19.4 Å². The number of rotatable bonds is 4. The molecule has 0 saturated carbocycles. The fourth-order valence-corrected chi connectivity index (χ4v) is 1.30. The van der Waals surface area contributed by atoms with Crippen molar-refractivity contribution in [2.75, 3.05) is 7.11 Å². The van der Waals surface area contributed by atoms with Crippen LogP contribution in [0.5, 0.6) is 0 Å². The van der Waals surface area contributed by atoms with E-state index in [1.54, 1.807) is 20.8 Å². The zero-order chi connectivity index (χ0) is 12.2. The van der Waals surface area contributed by atoms with Gasteiger partial charge >= 0.3 is 5.97 Å². The van der Waals surface area contributed by atoms with Gasteiger partial charge in [-0.1, -0.05) is 20.8 Å². The summed E-state index contributed by atoms with van der Waals surface area (Å²) in [5.74, 6) is -1.28. The molecule has 4 nitrogen and oxygen atoms in total. The SMILES string of the molecule is COC(=O)C[C@H](C(=O)C(C)(C)C)[C@H](C)O.S.S. The second kappa shape index (κ2) is 8.83. The molecule has 0 rings (SSSR count). The third-order valence-electron chi connectivity index (χ3n) is 2.27. The van der Waals surface area contributed by atoms with Crippen LogP contribution in [0.2, 0.25) is 0 Å². The number of hydrogen-bond acceptors (Lipinski definition) is 4. The number of carbonyl (C=O) groups excluding carboxylic acids is 2. The Morgan fingerprint density at radius 1 is 1.24 bits per heavy atom. The van der Waals surface area contributed by atoms with Gasteiger partial charge < -0.3 is 9.84 Å². The molecule has 0 spiro atoms. The lowest BCUT2D eigenvalue weighted by molar-refractivity contribution is -0.147. The van der Waals surface area contributed by atoms with Gasteiger partial charge in [-0.3, -0.25) is 9.59 Å². The highest BCUT2D eigenvalue weighted by molar-refractivity contribution is 7.59. The van der Waals surface area contributed by atoms with E-state index in [0.29, 0.717) is 0 Å². The Morgan fingerprint density at radius 3 is 1.88 bits per heavy atom. The molecule has 6 heteroatoms. The first-order valence-corrected chi connectivity index (χ1v) is 4.99. The van der Waals surface area contributed by atoms with E-state index in [-0.39, 0.29) is 39.2 Å². The average Bonchev–Trinajstić information content (AvgIpc) is 2.10. The minimum Gasteiger partial charge on any atom is -0.469 e. The van der Waals surface area contributed by atoms with Crippen LogP contribution >= 0.6 is 27.0 Å². The topological polar surface area (TPSA) is 63.6 Å². The Hall–Kier alpha value is -0.200. The monoisotopic (exact) mass is 284 g/mol. The van der Waals surface area contributed by atoms with Crippen molar-refractivity contribution in [2.45, 2.75) is 40.2 Å². The summed E-state index contributed by atoms with van der Waals surface area (Å²) in [4.78, 5) is 23.0. The summed E-state index contributed by atoms with van der Waals surface area (Å²) < 4.78 is 4.49. The molecule has 0 aliphatic carbocycles. The van der Waals surface area contributed by atoms with Crippen LogP contribution < -0.4 is 0 Å². The highest BCUT2D eigenvalue weighted by Gasteiger charge is 2.34. The van der Waals surface area contributed by atoms with E-state index in [0.717, 1.165) is 0 Å². The van der Waals surface area contributed by atoms with Crippen LogP contribution in [0.3, 0.4) is 0 Å². The van der Waals surface area contributed by atoms with Gasteiger partial charge in [0.25, 0.3) is 0 Å². The number of aliphatic hydroxyl groups is 1. The Morgan fingerprint density at radius 2 is 1.65 bits per heavy atom. The Kier molecular flexibility index (Phi) is 11.4. The van der Waals surface area contributed by atoms with Gasteiger partial charge in [0, 0.05) is 5.41 Å². The number of hydrogen-bond donors (Lipinski definition) is 1. The lowest BCUT2D eigenvalue weighted by atomic mass is 9.79. The number of ether oxygens (including phenoxy) is 1. The fourth-order valence-electron chi connectivity index (χ4n) is 1.30. The first kappa shape index (κ1) is 22.0. The van der Waals surface area contributed by atoms with E-state index in [2.05, 4.69) is 4.74 Å². The molecule has 17 heavy (non-hydrogen) atoms. The minimum atomic E-state index is -0.837. The summed E-state index contributed by atoms with van der Waals surface area (Å²) in [6.07, 6.45) is -0.902. The van der Waals surface area contributed by atoms with E-state index < -0.39 is 23.4 Å². The third kappa shape index (κ3) is 7.68. The molecule has 2 atom stereocenters. The molecule has 0 saturated heterocycles.